The third-order valence-corrected chi connectivity index (χ3v) is 4.38. The van der Waals surface area contributed by atoms with E-state index in [4.69, 9.17) is 0 Å². The quantitative estimate of drug-likeness (QED) is 0.850. The first kappa shape index (κ1) is 14.4. The molecule has 0 spiro atoms. The molecule has 1 nitrogen and oxygen atoms in total. The van der Waals surface area contributed by atoms with Gasteiger partial charge >= 0.3 is 0 Å². The lowest BCUT2D eigenvalue weighted by Gasteiger charge is -2.28. The van der Waals surface area contributed by atoms with Crippen molar-refractivity contribution in [2.75, 3.05) is 7.05 Å². The van der Waals surface area contributed by atoms with E-state index in [9.17, 15) is 8.78 Å². The fourth-order valence-electron chi connectivity index (χ4n) is 2.92. The Morgan fingerprint density at radius 3 is 2.16 bits per heavy atom. The maximum atomic E-state index is 13.5. The number of alkyl halides is 2. The van der Waals surface area contributed by atoms with Crippen LogP contribution in [0.25, 0.3) is 0 Å². The number of hydrogen-bond acceptors (Lipinski definition) is 1. The molecule has 0 bridgehead atoms. The van der Waals surface area contributed by atoms with Crippen molar-refractivity contribution in [3.63, 3.8) is 0 Å². The number of nitrogens with one attached hydrogen (secondary N) is 1. The molecule has 2 rings (SSSR count). The predicted octanol–water partition coefficient (Wildman–Crippen LogP) is 4.43. The first-order valence-electron chi connectivity index (χ1n) is 7.22. The Morgan fingerprint density at radius 1 is 1.11 bits per heavy atom. The van der Waals surface area contributed by atoms with Gasteiger partial charge in [0.2, 0.25) is 0 Å². The lowest BCUT2D eigenvalue weighted by Crippen LogP contribution is -2.29. The zero-order valence-corrected chi connectivity index (χ0v) is 11.8. The minimum atomic E-state index is -2.69. The standard InChI is InChI=1S/C16H23F2N/c1-3-16(17,18)14-8-4-12(5-9-14)13-6-10-15(19-2)11-7-13/h4-5,8-9,13,15,19H,3,6-7,10-11H2,1-2H3. The molecule has 1 saturated carbocycles. The SMILES string of the molecule is CCC(F)(F)c1ccc(C2CCC(NC)CC2)cc1. The zero-order chi connectivity index (χ0) is 13.9. The molecule has 0 amide bonds. The number of rotatable bonds is 4. The van der Waals surface area contributed by atoms with Crippen LogP contribution in [0.4, 0.5) is 8.78 Å². The Hall–Kier alpha value is -0.960. The van der Waals surface area contributed by atoms with Crippen molar-refractivity contribution in [1.82, 2.24) is 5.32 Å². The van der Waals surface area contributed by atoms with Crippen molar-refractivity contribution in [2.24, 2.45) is 0 Å². The normalized spacial score (nSPS) is 24.4. The monoisotopic (exact) mass is 267 g/mol. The smallest absolute Gasteiger partial charge is 0.273 e. The van der Waals surface area contributed by atoms with E-state index in [1.807, 2.05) is 19.2 Å². The van der Waals surface area contributed by atoms with E-state index in [0.29, 0.717) is 12.0 Å². The number of benzene rings is 1. The molecule has 1 aliphatic rings. The van der Waals surface area contributed by atoms with Gasteiger partial charge in [-0.15, -0.1) is 0 Å². The highest BCUT2D eigenvalue weighted by molar-refractivity contribution is 5.28. The van der Waals surface area contributed by atoms with Gasteiger partial charge in [0.25, 0.3) is 5.92 Å². The lowest BCUT2D eigenvalue weighted by molar-refractivity contribution is -0.00830. The second kappa shape index (κ2) is 6.00. The summed E-state index contributed by atoms with van der Waals surface area (Å²) >= 11 is 0. The molecule has 0 aromatic heterocycles. The van der Waals surface area contributed by atoms with Gasteiger partial charge in [-0.2, -0.15) is 0 Å². The number of halogens is 2. The molecule has 1 N–H and O–H groups in total. The summed E-state index contributed by atoms with van der Waals surface area (Å²) < 4.78 is 27.1. The first-order valence-corrected chi connectivity index (χ1v) is 7.22. The Bertz CT molecular complexity index is 392. The molecular weight excluding hydrogens is 244 g/mol. The highest BCUT2D eigenvalue weighted by Gasteiger charge is 2.29. The summed E-state index contributed by atoms with van der Waals surface area (Å²) in [6, 6.07) is 7.61. The van der Waals surface area contributed by atoms with E-state index in [0.717, 1.165) is 12.8 Å². The van der Waals surface area contributed by atoms with Crippen LogP contribution in [0.1, 0.15) is 56.1 Å². The van der Waals surface area contributed by atoms with Crippen LogP contribution in [0.2, 0.25) is 0 Å². The van der Waals surface area contributed by atoms with Crippen LogP contribution < -0.4 is 5.32 Å². The molecule has 1 aliphatic carbocycles. The van der Waals surface area contributed by atoms with Crippen molar-refractivity contribution in [3.8, 4) is 0 Å². The van der Waals surface area contributed by atoms with Gasteiger partial charge in [0.15, 0.2) is 0 Å². The maximum absolute atomic E-state index is 13.5. The average Bonchev–Trinajstić information content (AvgIpc) is 2.47. The molecule has 0 heterocycles. The molecule has 0 saturated heterocycles. The maximum Gasteiger partial charge on any atom is 0.273 e. The second-order valence-electron chi connectivity index (χ2n) is 5.52. The lowest BCUT2D eigenvalue weighted by atomic mass is 9.81. The fourth-order valence-corrected chi connectivity index (χ4v) is 2.92. The van der Waals surface area contributed by atoms with Crippen molar-refractivity contribution < 1.29 is 8.78 Å². The highest BCUT2D eigenvalue weighted by Crippen LogP contribution is 2.35. The molecule has 19 heavy (non-hydrogen) atoms. The van der Waals surface area contributed by atoms with Gasteiger partial charge in [-0.1, -0.05) is 31.2 Å². The van der Waals surface area contributed by atoms with E-state index < -0.39 is 5.92 Å². The van der Waals surface area contributed by atoms with Gasteiger partial charge in [0.1, 0.15) is 0 Å². The van der Waals surface area contributed by atoms with Gasteiger partial charge in [-0.25, -0.2) is 8.78 Å². The fraction of sp³-hybridized carbons (Fsp3) is 0.625. The van der Waals surface area contributed by atoms with E-state index >= 15 is 0 Å². The molecule has 1 fully saturated rings. The van der Waals surface area contributed by atoms with Crippen LogP contribution in [0.15, 0.2) is 24.3 Å². The molecular formula is C16H23F2N. The largest absolute Gasteiger partial charge is 0.317 e. The summed E-state index contributed by atoms with van der Waals surface area (Å²) in [5, 5.41) is 3.31. The third kappa shape index (κ3) is 3.33. The van der Waals surface area contributed by atoms with E-state index in [1.54, 1.807) is 12.1 Å². The molecule has 3 heteroatoms. The Balaban J connectivity index is 2.03. The Morgan fingerprint density at radius 2 is 1.68 bits per heavy atom. The highest BCUT2D eigenvalue weighted by atomic mass is 19.3. The molecule has 1 aromatic rings. The van der Waals surface area contributed by atoms with Crippen molar-refractivity contribution in [3.05, 3.63) is 35.4 Å². The molecule has 0 aliphatic heterocycles. The summed E-state index contributed by atoms with van der Waals surface area (Å²) in [4.78, 5) is 0. The van der Waals surface area contributed by atoms with Gasteiger partial charge < -0.3 is 5.32 Å². The first-order chi connectivity index (χ1) is 9.06. The van der Waals surface area contributed by atoms with E-state index in [2.05, 4.69) is 5.32 Å². The second-order valence-corrected chi connectivity index (χ2v) is 5.52. The molecule has 0 atom stereocenters. The van der Waals surface area contributed by atoms with E-state index in [1.165, 1.54) is 25.3 Å². The number of hydrogen-bond donors (Lipinski definition) is 1. The Labute approximate surface area is 114 Å². The van der Waals surface area contributed by atoms with Crippen LogP contribution in [-0.2, 0) is 5.92 Å². The summed E-state index contributed by atoms with van der Waals surface area (Å²) in [6.07, 6.45) is 4.51. The van der Waals surface area contributed by atoms with Gasteiger partial charge in [0.05, 0.1) is 0 Å². The van der Waals surface area contributed by atoms with Crippen LogP contribution in [-0.4, -0.2) is 13.1 Å². The van der Waals surface area contributed by atoms with Gasteiger partial charge in [-0.3, -0.25) is 0 Å². The van der Waals surface area contributed by atoms with Crippen LogP contribution in [0, 0.1) is 0 Å². The van der Waals surface area contributed by atoms with Crippen LogP contribution in [0.5, 0.6) is 0 Å². The van der Waals surface area contributed by atoms with Gasteiger partial charge in [-0.05, 0) is 44.2 Å². The van der Waals surface area contributed by atoms with Crippen molar-refractivity contribution in [1.29, 1.82) is 0 Å². The predicted molar refractivity (Wildman–Crippen MR) is 74.7 cm³/mol. The van der Waals surface area contributed by atoms with Crippen molar-refractivity contribution in [2.45, 2.75) is 56.9 Å². The van der Waals surface area contributed by atoms with Crippen LogP contribution in [0.3, 0.4) is 0 Å². The average molecular weight is 267 g/mol. The minimum absolute atomic E-state index is 0.139. The van der Waals surface area contributed by atoms with E-state index in [-0.39, 0.29) is 12.0 Å². The van der Waals surface area contributed by atoms with Gasteiger partial charge in [0, 0.05) is 18.0 Å². The molecule has 106 valence electrons. The third-order valence-electron chi connectivity index (χ3n) is 4.38. The molecule has 0 radical (unpaired) electrons. The molecule has 0 unspecified atom stereocenters. The summed E-state index contributed by atoms with van der Waals surface area (Å²) in [6.45, 7) is 1.52. The molecule has 1 aromatic carbocycles. The topological polar surface area (TPSA) is 12.0 Å². The summed E-state index contributed by atoms with van der Waals surface area (Å²) in [5.74, 6) is -2.16. The minimum Gasteiger partial charge on any atom is -0.317 e. The van der Waals surface area contributed by atoms with Crippen molar-refractivity contribution >= 4 is 0 Å². The van der Waals surface area contributed by atoms with Crippen LogP contribution >= 0.6 is 0 Å². The Kier molecular flexibility index (Phi) is 4.56. The zero-order valence-electron chi connectivity index (χ0n) is 11.8. The summed E-state index contributed by atoms with van der Waals surface area (Å²) in [5.41, 5.74) is 1.35. The summed E-state index contributed by atoms with van der Waals surface area (Å²) in [7, 11) is 2.01.